The third-order valence-corrected chi connectivity index (χ3v) is 3.30. The summed E-state index contributed by atoms with van der Waals surface area (Å²) in [6, 6.07) is 8.23. The number of aromatic nitrogens is 2. The number of aryl methyl sites for hydroxylation is 2. The molecule has 0 unspecified atom stereocenters. The van der Waals surface area contributed by atoms with Crippen LogP contribution in [0.5, 0.6) is 0 Å². The lowest BCUT2D eigenvalue weighted by Crippen LogP contribution is -2.05. The van der Waals surface area contributed by atoms with Crippen molar-refractivity contribution in [1.29, 1.82) is 0 Å². The molecule has 0 aliphatic heterocycles. The summed E-state index contributed by atoms with van der Waals surface area (Å²) in [7, 11) is 1.87. The van der Waals surface area contributed by atoms with E-state index in [1.165, 1.54) is 11.1 Å². The molecule has 0 bridgehead atoms. The Morgan fingerprint density at radius 2 is 1.65 bits per heavy atom. The predicted octanol–water partition coefficient (Wildman–Crippen LogP) is 4.00. The van der Waals surface area contributed by atoms with Gasteiger partial charge in [-0.15, -0.1) is 0 Å². The van der Waals surface area contributed by atoms with Gasteiger partial charge in [-0.2, -0.15) is 0 Å². The van der Waals surface area contributed by atoms with E-state index in [4.69, 9.17) is 0 Å². The Bertz CT molecular complexity index is 605. The van der Waals surface area contributed by atoms with Crippen LogP contribution in [0.1, 0.15) is 36.7 Å². The molecule has 2 aromatic rings. The van der Waals surface area contributed by atoms with Crippen LogP contribution in [0.2, 0.25) is 0 Å². The predicted molar refractivity (Wildman–Crippen MR) is 84.9 cm³/mol. The highest BCUT2D eigenvalue weighted by molar-refractivity contribution is 5.60. The van der Waals surface area contributed by atoms with Crippen LogP contribution in [0.25, 0.3) is 0 Å². The van der Waals surface area contributed by atoms with Crippen LogP contribution in [0.4, 0.5) is 17.3 Å². The quantitative estimate of drug-likeness (QED) is 0.881. The highest BCUT2D eigenvalue weighted by Crippen LogP contribution is 2.22. The van der Waals surface area contributed by atoms with Crippen LogP contribution >= 0.6 is 0 Å². The van der Waals surface area contributed by atoms with Gasteiger partial charge >= 0.3 is 0 Å². The van der Waals surface area contributed by atoms with E-state index in [9.17, 15) is 0 Å². The monoisotopic (exact) mass is 270 g/mol. The molecule has 0 radical (unpaired) electrons. The Labute approximate surface area is 120 Å². The molecule has 0 atom stereocenters. The Morgan fingerprint density at radius 3 is 2.25 bits per heavy atom. The molecule has 0 aliphatic carbocycles. The first-order valence-corrected chi connectivity index (χ1v) is 6.90. The van der Waals surface area contributed by atoms with E-state index in [0.717, 1.165) is 23.1 Å². The van der Waals surface area contributed by atoms with Gasteiger partial charge in [0.1, 0.15) is 17.5 Å². The first-order chi connectivity index (χ1) is 9.49. The summed E-state index contributed by atoms with van der Waals surface area (Å²) in [6.07, 6.45) is 0. The Balaban J connectivity index is 2.32. The fraction of sp³-hybridized carbons (Fsp3) is 0.375. The molecule has 0 fully saturated rings. The number of nitrogens with zero attached hydrogens (tertiary/aromatic N) is 2. The van der Waals surface area contributed by atoms with Gasteiger partial charge in [-0.25, -0.2) is 9.97 Å². The number of nitrogens with one attached hydrogen (secondary N) is 2. The van der Waals surface area contributed by atoms with Crippen molar-refractivity contribution in [1.82, 2.24) is 9.97 Å². The second kappa shape index (κ2) is 5.90. The zero-order valence-electron chi connectivity index (χ0n) is 12.8. The number of benzene rings is 1. The minimum Gasteiger partial charge on any atom is -0.373 e. The lowest BCUT2D eigenvalue weighted by molar-refractivity contribution is 0.778. The first kappa shape index (κ1) is 14.3. The van der Waals surface area contributed by atoms with Gasteiger partial charge in [0.2, 0.25) is 0 Å². The number of anilines is 3. The third-order valence-electron chi connectivity index (χ3n) is 3.30. The van der Waals surface area contributed by atoms with Gasteiger partial charge in [0, 0.05) is 24.7 Å². The second-order valence-electron chi connectivity index (χ2n) is 5.33. The lowest BCUT2D eigenvalue weighted by Gasteiger charge is -2.12. The SMILES string of the molecule is CNc1cc(Nc2ccc(C)c(C)c2)nc(C(C)C)n1. The van der Waals surface area contributed by atoms with E-state index in [1.807, 2.05) is 13.1 Å². The Kier molecular flexibility index (Phi) is 4.23. The maximum atomic E-state index is 4.57. The largest absolute Gasteiger partial charge is 0.373 e. The Hall–Kier alpha value is -2.10. The lowest BCUT2D eigenvalue weighted by atomic mass is 10.1. The molecule has 2 rings (SSSR count). The van der Waals surface area contributed by atoms with Crippen molar-refractivity contribution < 1.29 is 0 Å². The number of hydrogen-bond acceptors (Lipinski definition) is 4. The summed E-state index contributed by atoms with van der Waals surface area (Å²) < 4.78 is 0. The van der Waals surface area contributed by atoms with E-state index in [1.54, 1.807) is 0 Å². The van der Waals surface area contributed by atoms with Crippen molar-refractivity contribution in [3.05, 3.63) is 41.2 Å². The summed E-state index contributed by atoms with van der Waals surface area (Å²) in [4.78, 5) is 9.03. The van der Waals surface area contributed by atoms with Crippen LogP contribution in [0, 0.1) is 13.8 Å². The highest BCUT2D eigenvalue weighted by atomic mass is 15.1. The van der Waals surface area contributed by atoms with Crippen LogP contribution in [0.3, 0.4) is 0 Å². The van der Waals surface area contributed by atoms with Crippen molar-refractivity contribution in [2.24, 2.45) is 0 Å². The smallest absolute Gasteiger partial charge is 0.136 e. The van der Waals surface area contributed by atoms with E-state index < -0.39 is 0 Å². The van der Waals surface area contributed by atoms with Crippen LogP contribution < -0.4 is 10.6 Å². The van der Waals surface area contributed by atoms with Gasteiger partial charge in [0.05, 0.1) is 0 Å². The average molecular weight is 270 g/mol. The summed E-state index contributed by atoms with van der Waals surface area (Å²) >= 11 is 0. The average Bonchev–Trinajstić information content (AvgIpc) is 2.42. The van der Waals surface area contributed by atoms with Crippen LogP contribution in [-0.2, 0) is 0 Å². The minimum absolute atomic E-state index is 0.295. The first-order valence-electron chi connectivity index (χ1n) is 6.90. The van der Waals surface area contributed by atoms with Gasteiger partial charge in [0.25, 0.3) is 0 Å². The van der Waals surface area contributed by atoms with Gasteiger partial charge < -0.3 is 10.6 Å². The van der Waals surface area contributed by atoms with Gasteiger partial charge in [-0.05, 0) is 37.1 Å². The molecule has 4 heteroatoms. The number of hydrogen-bond donors (Lipinski definition) is 2. The second-order valence-corrected chi connectivity index (χ2v) is 5.33. The van der Waals surface area contributed by atoms with Crippen molar-refractivity contribution in [2.45, 2.75) is 33.6 Å². The number of rotatable bonds is 4. The maximum Gasteiger partial charge on any atom is 0.136 e. The fourth-order valence-electron chi connectivity index (χ4n) is 1.88. The van der Waals surface area contributed by atoms with E-state index >= 15 is 0 Å². The van der Waals surface area contributed by atoms with Gasteiger partial charge in [0.15, 0.2) is 0 Å². The molecule has 4 nitrogen and oxygen atoms in total. The molecule has 0 amide bonds. The minimum atomic E-state index is 0.295. The molecule has 1 heterocycles. The van der Waals surface area contributed by atoms with Crippen LogP contribution in [-0.4, -0.2) is 17.0 Å². The summed E-state index contributed by atoms with van der Waals surface area (Å²) in [5, 5.41) is 6.43. The molecular formula is C16H22N4. The normalized spacial score (nSPS) is 10.7. The van der Waals surface area contributed by atoms with E-state index in [0.29, 0.717) is 5.92 Å². The molecule has 1 aromatic heterocycles. The summed E-state index contributed by atoms with van der Waals surface area (Å²) in [5.74, 6) is 2.78. The van der Waals surface area contributed by atoms with Crippen molar-refractivity contribution in [2.75, 3.05) is 17.7 Å². The van der Waals surface area contributed by atoms with Crippen molar-refractivity contribution >= 4 is 17.3 Å². The molecule has 0 saturated carbocycles. The maximum absolute atomic E-state index is 4.57. The molecule has 0 spiro atoms. The van der Waals surface area contributed by atoms with Gasteiger partial charge in [-0.3, -0.25) is 0 Å². The molecule has 20 heavy (non-hydrogen) atoms. The fourth-order valence-corrected chi connectivity index (χ4v) is 1.88. The molecule has 0 saturated heterocycles. The van der Waals surface area contributed by atoms with Crippen LogP contribution in [0.15, 0.2) is 24.3 Å². The highest BCUT2D eigenvalue weighted by Gasteiger charge is 2.08. The topological polar surface area (TPSA) is 49.8 Å². The molecular weight excluding hydrogens is 248 g/mol. The van der Waals surface area contributed by atoms with Gasteiger partial charge in [-0.1, -0.05) is 19.9 Å². The molecule has 1 aromatic carbocycles. The third kappa shape index (κ3) is 3.26. The zero-order valence-corrected chi connectivity index (χ0v) is 12.8. The Morgan fingerprint density at radius 1 is 0.950 bits per heavy atom. The van der Waals surface area contributed by atoms with Crippen molar-refractivity contribution in [3.63, 3.8) is 0 Å². The van der Waals surface area contributed by atoms with Crippen molar-refractivity contribution in [3.8, 4) is 0 Å². The summed E-state index contributed by atoms with van der Waals surface area (Å²) in [6.45, 7) is 8.40. The molecule has 2 N–H and O–H groups in total. The molecule has 0 aliphatic rings. The molecule has 106 valence electrons. The van der Waals surface area contributed by atoms with E-state index in [2.05, 4.69) is 66.5 Å². The van der Waals surface area contributed by atoms with E-state index in [-0.39, 0.29) is 0 Å². The zero-order chi connectivity index (χ0) is 14.7. The summed E-state index contributed by atoms with van der Waals surface area (Å²) in [5.41, 5.74) is 3.60. The standard InChI is InChI=1S/C16H22N4/c1-10(2)16-19-14(17-5)9-15(20-16)18-13-7-6-11(3)12(4)8-13/h6-10H,1-5H3,(H2,17,18,19,20).